The Kier molecular flexibility index (Phi) is 2.83. The van der Waals surface area contributed by atoms with Crippen LogP contribution in [0, 0.1) is 0 Å². The molecule has 0 saturated carbocycles. The highest BCUT2D eigenvalue weighted by Gasteiger charge is 2.43. The van der Waals surface area contributed by atoms with Gasteiger partial charge in [0.15, 0.2) is 7.14 Å². The lowest BCUT2D eigenvalue weighted by Crippen LogP contribution is -2.20. The van der Waals surface area contributed by atoms with Crippen LogP contribution in [0.1, 0.15) is 0 Å². The summed E-state index contributed by atoms with van der Waals surface area (Å²) >= 11 is 3.42. The Morgan fingerprint density at radius 3 is 1.82 bits per heavy atom. The van der Waals surface area contributed by atoms with Gasteiger partial charge in [-0.3, -0.25) is 0 Å². The van der Waals surface area contributed by atoms with Crippen molar-refractivity contribution in [1.29, 1.82) is 0 Å². The molecule has 1 aliphatic heterocycles. The molecule has 7 rings (SSSR count). The molecule has 0 saturated heterocycles. The number of hydrogen-bond donors (Lipinski definition) is 0. The Bertz CT molecular complexity index is 1540. The first kappa shape index (κ1) is 15.5. The van der Waals surface area contributed by atoms with Crippen molar-refractivity contribution in [3.05, 3.63) is 77.5 Å². The molecule has 0 amide bonds. The van der Waals surface area contributed by atoms with Gasteiger partial charge in [-0.1, -0.05) is 48.5 Å². The van der Waals surface area contributed by atoms with Crippen LogP contribution in [0.5, 0.6) is 0 Å². The fourth-order valence-electron chi connectivity index (χ4n) is 4.82. The van der Waals surface area contributed by atoms with Gasteiger partial charge in [-0.25, -0.2) is 0 Å². The Morgan fingerprint density at radius 2 is 1.14 bits per heavy atom. The van der Waals surface area contributed by atoms with Crippen molar-refractivity contribution in [2.45, 2.75) is 0 Å². The lowest BCUT2D eigenvalue weighted by molar-refractivity contribution is 0.593. The first-order valence-corrected chi connectivity index (χ1v) is 12.7. The van der Waals surface area contributed by atoms with Crippen LogP contribution in [0.3, 0.4) is 0 Å². The van der Waals surface area contributed by atoms with Crippen molar-refractivity contribution in [2.75, 3.05) is 0 Å². The van der Waals surface area contributed by atoms with Gasteiger partial charge in [-0.05, 0) is 61.3 Å². The minimum Gasteiger partial charge on any atom is -0.309 e. The highest BCUT2D eigenvalue weighted by Crippen LogP contribution is 2.56. The summed E-state index contributed by atoms with van der Waals surface area (Å²) in [7, 11) is -2.84. The number of rotatable bonds is 1. The molecule has 0 spiro atoms. The van der Waals surface area contributed by atoms with Gasteiger partial charge in [0.1, 0.15) is 0 Å². The van der Waals surface area contributed by atoms with Gasteiger partial charge >= 0.3 is 0 Å². The lowest BCUT2D eigenvalue weighted by Gasteiger charge is -2.19. The molecule has 0 aliphatic carbocycles. The number of thiophene rings is 2. The Balaban J connectivity index is 1.69. The van der Waals surface area contributed by atoms with Gasteiger partial charge in [0, 0.05) is 15.9 Å². The Morgan fingerprint density at radius 1 is 0.571 bits per heavy atom. The summed E-state index contributed by atoms with van der Waals surface area (Å²) in [5, 5.41) is 14.5. The second kappa shape index (κ2) is 5.12. The summed E-state index contributed by atoms with van der Waals surface area (Å²) in [6.07, 6.45) is 0. The van der Waals surface area contributed by atoms with Crippen LogP contribution in [0.25, 0.3) is 42.1 Å². The molecule has 1 nitrogen and oxygen atoms in total. The van der Waals surface area contributed by atoms with E-state index in [9.17, 15) is 4.57 Å². The monoisotopic (exact) mass is 412 g/mol. The largest absolute Gasteiger partial charge is 0.309 e. The molecular formula is C24H13OPS2. The summed E-state index contributed by atoms with van der Waals surface area (Å²) in [6.45, 7) is 0. The first-order valence-electron chi connectivity index (χ1n) is 9.20. The van der Waals surface area contributed by atoms with Crippen molar-refractivity contribution in [1.82, 2.24) is 0 Å². The molecule has 0 radical (unpaired) electrons. The maximum absolute atomic E-state index is 14.7. The average molecular weight is 412 g/mol. The summed E-state index contributed by atoms with van der Waals surface area (Å²) in [6, 6.07) is 23.6. The highest BCUT2D eigenvalue weighted by atomic mass is 32.1. The molecule has 0 bridgehead atoms. The molecule has 0 N–H and O–H groups in total. The molecule has 6 aromatic rings. The second-order valence-electron chi connectivity index (χ2n) is 7.32. The van der Waals surface area contributed by atoms with Crippen molar-refractivity contribution in [2.24, 2.45) is 0 Å². The zero-order chi connectivity index (χ0) is 18.5. The smallest absolute Gasteiger partial charge is 0.174 e. The van der Waals surface area contributed by atoms with Crippen LogP contribution in [0.4, 0.5) is 0 Å². The van der Waals surface area contributed by atoms with Gasteiger partial charge in [0.25, 0.3) is 0 Å². The van der Waals surface area contributed by atoms with Crippen LogP contribution in [0.15, 0.2) is 77.5 Å². The maximum atomic E-state index is 14.7. The predicted octanol–water partition coefficient (Wildman–Crippen LogP) is 6.33. The van der Waals surface area contributed by atoms with Gasteiger partial charge in [0.05, 0.1) is 9.75 Å². The lowest BCUT2D eigenvalue weighted by atomic mass is 9.94. The van der Waals surface area contributed by atoms with E-state index in [0.29, 0.717) is 0 Å². The van der Waals surface area contributed by atoms with E-state index in [1.807, 2.05) is 0 Å². The number of benzene rings is 4. The van der Waals surface area contributed by atoms with Gasteiger partial charge < -0.3 is 4.57 Å². The fourth-order valence-corrected chi connectivity index (χ4v) is 11.0. The zero-order valence-electron chi connectivity index (χ0n) is 14.7. The summed E-state index contributed by atoms with van der Waals surface area (Å²) in [5.41, 5.74) is 0. The van der Waals surface area contributed by atoms with Gasteiger partial charge in [-0.15, -0.1) is 22.7 Å². The van der Waals surface area contributed by atoms with Crippen LogP contribution in [0.2, 0.25) is 0 Å². The minimum atomic E-state index is -2.84. The quantitative estimate of drug-likeness (QED) is 0.228. The van der Waals surface area contributed by atoms with Crippen LogP contribution >= 0.6 is 29.8 Å². The summed E-state index contributed by atoms with van der Waals surface area (Å²) in [5.74, 6) is 0. The maximum Gasteiger partial charge on any atom is 0.174 e. The number of hydrogen-bond acceptors (Lipinski definition) is 3. The third kappa shape index (κ3) is 1.68. The molecular weight excluding hydrogens is 399 g/mol. The Labute approximate surface area is 169 Å². The topological polar surface area (TPSA) is 17.1 Å². The van der Waals surface area contributed by atoms with E-state index in [4.69, 9.17) is 0 Å². The molecule has 4 aromatic carbocycles. The molecule has 0 atom stereocenters. The molecule has 1 aliphatic rings. The molecule has 28 heavy (non-hydrogen) atoms. The van der Waals surface area contributed by atoms with E-state index < -0.39 is 7.14 Å². The summed E-state index contributed by atoms with van der Waals surface area (Å²) < 4.78 is 14.7. The normalized spacial score (nSPS) is 14.9. The van der Waals surface area contributed by atoms with E-state index in [2.05, 4.69) is 77.5 Å². The molecule has 2 aromatic heterocycles. The molecule has 4 heteroatoms. The van der Waals surface area contributed by atoms with E-state index >= 15 is 0 Å². The standard InChI is InChI=1S/C24H13OPS2/c25-26(19-10-12-27-23(19)24-20(26)11-13-28-24)18-9-7-16-5-4-14-2-1-3-15-6-8-17(18)22(16)21(14)15/h1-13H. The van der Waals surface area contributed by atoms with Gasteiger partial charge in [-0.2, -0.15) is 0 Å². The molecule has 3 heterocycles. The highest BCUT2D eigenvalue weighted by molar-refractivity contribution is 7.87. The number of fused-ring (bicyclic) bond motifs is 3. The van der Waals surface area contributed by atoms with Crippen molar-refractivity contribution >= 4 is 78.0 Å². The van der Waals surface area contributed by atoms with Crippen molar-refractivity contribution < 1.29 is 4.57 Å². The SMILES string of the molecule is O=P1(c2ccc3ccc4cccc5ccc2c3c45)c2ccsc2-c2sccc21. The van der Waals surface area contributed by atoms with E-state index in [0.717, 1.165) is 21.3 Å². The Hall–Kier alpha value is -2.45. The second-order valence-corrected chi connectivity index (χ2v) is 11.8. The van der Waals surface area contributed by atoms with Gasteiger partial charge in [0.2, 0.25) is 0 Å². The predicted molar refractivity (Wildman–Crippen MR) is 124 cm³/mol. The van der Waals surface area contributed by atoms with Crippen molar-refractivity contribution in [3.63, 3.8) is 0 Å². The van der Waals surface area contributed by atoms with E-state index in [-0.39, 0.29) is 0 Å². The fraction of sp³-hybridized carbons (Fsp3) is 0. The van der Waals surface area contributed by atoms with Crippen LogP contribution < -0.4 is 15.9 Å². The summed E-state index contributed by atoms with van der Waals surface area (Å²) in [4.78, 5) is 2.39. The minimum absolute atomic E-state index is 0.982. The van der Waals surface area contributed by atoms with Crippen LogP contribution in [-0.4, -0.2) is 0 Å². The van der Waals surface area contributed by atoms with E-state index in [1.54, 1.807) is 22.7 Å². The third-order valence-corrected chi connectivity index (χ3v) is 11.5. The van der Waals surface area contributed by atoms with E-state index in [1.165, 1.54) is 36.7 Å². The van der Waals surface area contributed by atoms with Crippen LogP contribution in [-0.2, 0) is 4.57 Å². The third-order valence-electron chi connectivity index (χ3n) is 6.02. The average Bonchev–Trinajstić information content (AvgIpc) is 3.44. The molecule has 0 unspecified atom stereocenters. The van der Waals surface area contributed by atoms with Crippen molar-refractivity contribution in [3.8, 4) is 9.75 Å². The first-order chi connectivity index (χ1) is 13.8. The zero-order valence-corrected chi connectivity index (χ0v) is 17.2. The molecule has 0 fully saturated rings. The molecule has 132 valence electrons.